The summed E-state index contributed by atoms with van der Waals surface area (Å²) in [7, 11) is 0. The smallest absolute Gasteiger partial charge is 0.222 e. The van der Waals surface area contributed by atoms with Crippen molar-refractivity contribution in [2.75, 3.05) is 18.4 Å². The van der Waals surface area contributed by atoms with E-state index < -0.39 is 0 Å². The minimum absolute atomic E-state index is 0.242. The van der Waals surface area contributed by atoms with Gasteiger partial charge in [0.1, 0.15) is 5.82 Å². The van der Waals surface area contributed by atoms with E-state index >= 15 is 0 Å². The number of aryl methyl sites for hydroxylation is 1. The molecule has 2 aliphatic rings. The Morgan fingerprint density at radius 1 is 1.11 bits per heavy atom. The Hall–Kier alpha value is -2.95. The molecule has 2 fully saturated rings. The molecule has 1 aliphatic carbocycles. The van der Waals surface area contributed by atoms with Crippen molar-refractivity contribution in [2.45, 2.75) is 18.9 Å². The molecule has 28 heavy (non-hydrogen) atoms. The average Bonchev–Trinajstić information content (AvgIpc) is 3.15. The first-order valence-corrected chi connectivity index (χ1v) is 9.81. The highest BCUT2D eigenvalue weighted by atomic mass is 19.1. The minimum atomic E-state index is -0.255. The molecular formula is C23H22FN3O. The minimum Gasteiger partial charge on any atom is -0.381 e. The highest BCUT2D eigenvalue weighted by Crippen LogP contribution is 2.47. The molecule has 2 heterocycles. The topological polar surface area (TPSA) is 45.2 Å². The molecule has 1 amide bonds. The van der Waals surface area contributed by atoms with Gasteiger partial charge in [-0.05, 0) is 36.2 Å². The van der Waals surface area contributed by atoms with Gasteiger partial charge in [0.2, 0.25) is 5.91 Å². The average molecular weight is 375 g/mol. The third-order valence-corrected chi connectivity index (χ3v) is 6.04. The number of carbonyl (C=O) groups excluding carboxylic acids is 1. The van der Waals surface area contributed by atoms with Gasteiger partial charge in [0.15, 0.2) is 0 Å². The SMILES string of the molecule is O=C(CCc1ccccc1)N1CC2C(C1)C2Nc1ccnc2ccc(F)cc12. The highest BCUT2D eigenvalue weighted by Gasteiger charge is 2.56. The van der Waals surface area contributed by atoms with E-state index in [4.69, 9.17) is 0 Å². The van der Waals surface area contributed by atoms with Crippen LogP contribution >= 0.6 is 0 Å². The van der Waals surface area contributed by atoms with E-state index in [0.717, 1.165) is 36.1 Å². The summed E-state index contributed by atoms with van der Waals surface area (Å²) >= 11 is 0. The van der Waals surface area contributed by atoms with Crippen molar-refractivity contribution in [1.29, 1.82) is 0 Å². The molecule has 3 aromatic rings. The lowest BCUT2D eigenvalue weighted by Gasteiger charge is -2.21. The van der Waals surface area contributed by atoms with Crippen LogP contribution in [-0.4, -0.2) is 34.9 Å². The second-order valence-electron chi connectivity index (χ2n) is 7.80. The van der Waals surface area contributed by atoms with Gasteiger partial charge in [-0.15, -0.1) is 0 Å². The Balaban J connectivity index is 1.18. The molecule has 2 unspecified atom stereocenters. The number of aromatic nitrogens is 1. The van der Waals surface area contributed by atoms with Gasteiger partial charge >= 0.3 is 0 Å². The number of nitrogens with one attached hydrogen (secondary N) is 1. The molecule has 0 bridgehead atoms. The Kier molecular flexibility index (Phi) is 4.23. The lowest BCUT2D eigenvalue weighted by molar-refractivity contribution is -0.130. The van der Waals surface area contributed by atoms with Crippen LogP contribution in [0, 0.1) is 17.7 Å². The van der Waals surface area contributed by atoms with Crippen molar-refractivity contribution in [1.82, 2.24) is 9.88 Å². The number of piperidine rings is 1. The van der Waals surface area contributed by atoms with E-state index in [-0.39, 0.29) is 11.7 Å². The Labute approximate surface area is 163 Å². The predicted molar refractivity (Wildman–Crippen MR) is 107 cm³/mol. The van der Waals surface area contributed by atoms with Crippen LogP contribution in [0.1, 0.15) is 12.0 Å². The lowest BCUT2D eigenvalue weighted by Crippen LogP contribution is -2.33. The standard InChI is InChI=1S/C23H22FN3O/c24-16-7-8-20-17(12-16)21(10-11-25-20)26-23-18-13-27(14-19(18)23)22(28)9-6-15-4-2-1-3-5-15/h1-5,7-8,10-12,18-19,23H,6,9,13-14H2,(H,25,26). The molecule has 2 aromatic carbocycles. The third kappa shape index (κ3) is 3.21. The number of pyridine rings is 1. The van der Waals surface area contributed by atoms with Crippen LogP contribution in [-0.2, 0) is 11.2 Å². The zero-order valence-electron chi connectivity index (χ0n) is 15.5. The van der Waals surface area contributed by atoms with Gasteiger partial charge in [-0.3, -0.25) is 9.78 Å². The monoisotopic (exact) mass is 375 g/mol. The first-order chi connectivity index (χ1) is 13.7. The Bertz CT molecular complexity index is 1010. The summed E-state index contributed by atoms with van der Waals surface area (Å²) < 4.78 is 13.6. The second-order valence-corrected chi connectivity index (χ2v) is 7.80. The maximum atomic E-state index is 13.6. The van der Waals surface area contributed by atoms with Crippen LogP contribution < -0.4 is 5.32 Å². The van der Waals surface area contributed by atoms with Gasteiger partial charge < -0.3 is 10.2 Å². The fourth-order valence-electron chi connectivity index (χ4n) is 4.42. The van der Waals surface area contributed by atoms with Crippen molar-refractivity contribution in [2.24, 2.45) is 11.8 Å². The molecule has 0 spiro atoms. The molecular weight excluding hydrogens is 353 g/mol. The summed E-state index contributed by atoms with van der Waals surface area (Å²) in [6.45, 7) is 1.63. The number of hydrogen-bond donors (Lipinski definition) is 1. The van der Waals surface area contributed by atoms with Gasteiger partial charge in [0, 0.05) is 54.7 Å². The fraction of sp³-hybridized carbons (Fsp3) is 0.304. The maximum absolute atomic E-state index is 13.6. The van der Waals surface area contributed by atoms with Gasteiger partial charge in [-0.1, -0.05) is 30.3 Å². The second kappa shape index (κ2) is 6.89. The largest absolute Gasteiger partial charge is 0.381 e. The van der Waals surface area contributed by atoms with E-state index in [1.807, 2.05) is 29.2 Å². The van der Waals surface area contributed by atoms with Crippen LogP contribution in [0.2, 0.25) is 0 Å². The number of likely N-dealkylation sites (tertiary alicyclic amines) is 1. The third-order valence-electron chi connectivity index (χ3n) is 6.04. The summed E-state index contributed by atoms with van der Waals surface area (Å²) in [6.07, 6.45) is 3.11. The van der Waals surface area contributed by atoms with Crippen LogP contribution in [0.5, 0.6) is 0 Å². The maximum Gasteiger partial charge on any atom is 0.222 e. The number of fused-ring (bicyclic) bond motifs is 2. The lowest BCUT2D eigenvalue weighted by atomic mass is 10.1. The zero-order valence-corrected chi connectivity index (χ0v) is 15.5. The van der Waals surface area contributed by atoms with Crippen molar-refractivity contribution >= 4 is 22.5 Å². The molecule has 1 N–H and O–H groups in total. The number of benzene rings is 2. The molecule has 1 saturated carbocycles. The van der Waals surface area contributed by atoms with Gasteiger partial charge in [-0.25, -0.2) is 4.39 Å². The van der Waals surface area contributed by atoms with Crippen LogP contribution in [0.25, 0.3) is 10.9 Å². The molecule has 1 aliphatic heterocycles. The molecule has 4 nitrogen and oxygen atoms in total. The number of hydrogen-bond acceptors (Lipinski definition) is 3. The number of nitrogens with zero attached hydrogens (tertiary/aromatic N) is 2. The number of amides is 1. The molecule has 142 valence electrons. The summed E-state index contributed by atoms with van der Waals surface area (Å²) in [6, 6.07) is 17.1. The molecule has 1 saturated heterocycles. The zero-order chi connectivity index (χ0) is 19.1. The predicted octanol–water partition coefficient (Wildman–Crippen LogP) is 3.88. The van der Waals surface area contributed by atoms with Crippen molar-refractivity contribution in [3.05, 3.63) is 72.2 Å². The molecule has 5 heteroatoms. The van der Waals surface area contributed by atoms with E-state index in [2.05, 4.69) is 22.4 Å². The molecule has 1 aromatic heterocycles. The van der Waals surface area contributed by atoms with Crippen molar-refractivity contribution in [3.63, 3.8) is 0 Å². The first-order valence-electron chi connectivity index (χ1n) is 9.81. The van der Waals surface area contributed by atoms with Crippen LogP contribution in [0.15, 0.2) is 60.8 Å². The van der Waals surface area contributed by atoms with Gasteiger partial charge in [0.05, 0.1) is 5.52 Å². The summed E-state index contributed by atoms with van der Waals surface area (Å²) in [4.78, 5) is 18.8. The number of carbonyl (C=O) groups is 1. The molecule has 2 atom stereocenters. The highest BCUT2D eigenvalue weighted by molar-refractivity contribution is 5.91. The van der Waals surface area contributed by atoms with E-state index in [0.29, 0.717) is 24.3 Å². The van der Waals surface area contributed by atoms with Gasteiger partial charge in [0.25, 0.3) is 0 Å². The Morgan fingerprint density at radius 2 is 1.89 bits per heavy atom. The summed E-state index contributed by atoms with van der Waals surface area (Å²) in [5.41, 5.74) is 2.91. The number of anilines is 1. The summed E-state index contributed by atoms with van der Waals surface area (Å²) in [5.74, 6) is 0.955. The molecule has 0 radical (unpaired) electrons. The summed E-state index contributed by atoms with van der Waals surface area (Å²) in [5, 5.41) is 4.37. The van der Waals surface area contributed by atoms with Crippen molar-refractivity contribution < 1.29 is 9.18 Å². The normalized spacial score (nSPS) is 22.9. The first kappa shape index (κ1) is 17.2. The Morgan fingerprint density at radius 3 is 2.68 bits per heavy atom. The van der Waals surface area contributed by atoms with Crippen LogP contribution in [0.3, 0.4) is 0 Å². The quantitative estimate of drug-likeness (QED) is 0.736. The van der Waals surface area contributed by atoms with E-state index in [9.17, 15) is 9.18 Å². The van der Waals surface area contributed by atoms with E-state index in [1.54, 1.807) is 12.3 Å². The number of rotatable bonds is 5. The fourth-order valence-corrected chi connectivity index (χ4v) is 4.42. The molecule has 5 rings (SSSR count). The van der Waals surface area contributed by atoms with Gasteiger partial charge in [-0.2, -0.15) is 0 Å². The van der Waals surface area contributed by atoms with Crippen molar-refractivity contribution in [3.8, 4) is 0 Å². The number of halogens is 1. The van der Waals surface area contributed by atoms with Crippen LogP contribution in [0.4, 0.5) is 10.1 Å². The van der Waals surface area contributed by atoms with E-state index in [1.165, 1.54) is 17.7 Å².